The van der Waals surface area contributed by atoms with E-state index in [0.717, 1.165) is 7.11 Å². The topological polar surface area (TPSA) is 266 Å². The smallest absolute Gasteiger partial charge is 0.477 e. The van der Waals surface area contributed by atoms with Crippen LogP contribution in [0.15, 0.2) is 16.8 Å². The summed E-state index contributed by atoms with van der Waals surface area (Å²) in [6, 6.07) is -2.61. The Balaban J connectivity index is 2.44. The van der Waals surface area contributed by atoms with Crippen molar-refractivity contribution in [2.24, 2.45) is 4.99 Å². The zero-order chi connectivity index (χ0) is 41.7. The van der Waals surface area contributed by atoms with E-state index in [1.165, 1.54) is 13.0 Å². The Hall–Kier alpha value is -5.50. The van der Waals surface area contributed by atoms with E-state index in [9.17, 15) is 33.6 Å². The molecule has 1 fully saturated rings. The minimum absolute atomic E-state index is 0.0848. The maximum absolute atomic E-state index is 13.2. The lowest BCUT2D eigenvalue weighted by Gasteiger charge is -2.41. The molecule has 0 aromatic heterocycles. The number of carbonyl (C=O) groups excluding carboxylic acids is 7. The summed E-state index contributed by atoms with van der Waals surface area (Å²) in [5.41, 5.74) is -2.62. The number of hydrogen-bond donors (Lipinski definition) is 5. The summed E-state index contributed by atoms with van der Waals surface area (Å²) >= 11 is 0. The van der Waals surface area contributed by atoms with Crippen molar-refractivity contribution >= 4 is 48.4 Å². The first kappa shape index (κ1) is 45.7. The van der Waals surface area contributed by atoms with Gasteiger partial charge in [-0.25, -0.2) is 28.8 Å². The van der Waals surface area contributed by atoms with Crippen LogP contribution in [0.1, 0.15) is 82.1 Å². The van der Waals surface area contributed by atoms with Crippen LogP contribution < -0.4 is 26.6 Å². The van der Waals surface area contributed by atoms with Gasteiger partial charge in [0.2, 0.25) is 17.6 Å². The Morgan fingerprint density at radius 1 is 0.818 bits per heavy atom. The summed E-state index contributed by atoms with van der Waals surface area (Å²) in [4.78, 5) is 92.1. The molecule has 0 aromatic rings. The van der Waals surface area contributed by atoms with Gasteiger partial charge in [-0.05, 0) is 81.2 Å². The van der Waals surface area contributed by atoms with E-state index in [2.05, 4.69) is 31.6 Å². The number of aliphatic imine (C=N–C) groups is 1. The van der Waals surface area contributed by atoms with Gasteiger partial charge in [0.1, 0.15) is 23.4 Å². The second-order valence-corrected chi connectivity index (χ2v) is 15.2. The molecule has 0 aromatic carbocycles. The van der Waals surface area contributed by atoms with E-state index in [1.54, 1.807) is 62.3 Å². The molecule has 1 saturated heterocycles. The Kier molecular flexibility index (Phi) is 16.4. The maximum Gasteiger partial charge on any atom is 0.508 e. The van der Waals surface area contributed by atoms with Crippen LogP contribution in [-0.4, -0.2) is 122 Å². The Morgan fingerprint density at radius 3 is 1.89 bits per heavy atom. The third-order valence-electron chi connectivity index (χ3n) is 6.70. The van der Waals surface area contributed by atoms with Crippen LogP contribution >= 0.6 is 0 Å². The summed E-state index contributed by atoms with van der Waals surface area (Å²) in [6.45, 7) is 15.9. The Labute approximate surface area is 319 Å². The SMILES string of the molecule is COC(=O)C1=C[C@H](N/C(=N/C(=O)OC(C)(C)C)NC(=O)OC(C)(C)C)[C@@H](NC(C)=O)[C@H]([C@H](OC(=O)NCCCCNC(=O)OC(C)(C)C)[C@H]2COC(=O)O2)O1. The van der Waals surface area contributed by atoms with Gasteiger partial charge in [-0.2, -0.15) is 0 Å². The molecule has 5 amide bonds. The van der Waals surface area contributed by atoms with Crippen molar-refractivity contribution in [1.29, 1.82) is 0 Å². The molecule has 0 spiro atoms. The third-order valence-corrected chi connectivity index (χ3v) is 6.70. The minimum atomic E-state index is -1.57. The molecule has 0 saturated carbocycles. The first-order valence-electron chi connectivity index (χ1n) is 17.4. The predicted molar refractivity (Wildman–Crippen MR) is 191 cm³/mol. The predicted octanol–water partition coefficient (Wildman–Crippen LogP) is 2.66. The molecule has 0 radical (unpaired) electrons. The molecule has 2 rings (SSSR count). The molecular formula is C34H54N6O15. The molecule has 310 valence electrons. The summed E-state index contributed by atoms with van der Waals surface area (Å²) in [6.07, 6.45) is -7.23. The van der Waals surface area contributed by atoms with Crippen molar-refractivity contribution in [1.82, 2.24) is 26.6 Å². The average Bonchev–Trinajstić information content (AvgIpc) is 3.44. The molecule has 2 aliphatic rings. The highest BCUT2D eigenvalue weighted by molar-refractivity contribution is 5.99. The molecular weight excluding hydrogens is 732 g/mol. The second-order valence-electron chi connectivity index (χ2n) is 15.2. The highest BCUT2D eigenvalue weighted by Gasteiger charge is 2.50. The molecule has 0 unspecified atom stereocenters. The summed E-state index contributed by atoms with van der Waals surface area (Å²) in [7, 11) is 1.07. The van der Waals surface area contributed by atoms with Gasteiger partial charge in [-0.15, -0.1) is 4.99 Å². The van der Waals surface area contributed by atoms with Gasteiger partial charge in [0.25, 0.3) is 0 Å². The van der Waals surface area contributed by atoms with Crippen LogP contribution in [0.25, 0.3) is 0 Å². The van der Waals surface area contributed by atoms with Gasteiger partial charge in [-0.1, -0.05) is 0 Å². The Bertz CT molecular complexity index is 1480. The normalized spacial score (nSPS) is 20.5. The van der Waals surface area contributed by atoms with E-state index in [-0.39, 0.29) is 13.1 Å². The van der Waals surface area contributed by atoms with Crippen molar-refractivity contribution in [3.63, 3.8) is 0 Å². The number of rotatable bonds is 11. The quantitative estimate of drug-likeness (QED) is 0.0662. The highest BCUT2D eigenvalue weighted by Crippen LogP contribution is 2.28. The standard InChI is InChI=1S/C34H54N6O15/c1-18(41)37-22-19(38-26(39-29(45)54-33(5,6)7)40-30(46)55-34(8,9)10)16-20(25(42)48-11)50-24(22)23(21-17-49-31(47)51-21)52-27(43)35-14-12-13-15-36-28(44)53-32(2,3)4/h16,19,21-24H,12-15,17H2,1-11H3,(H,35,43)(H,36,44)(H,37,41)(H2,38,39,40,45,46)/t19-,21+,22+,23+,24+/m0/s1. The van der Waals surface area contributed by atoms with E-state index < -0.39 is 108 Å². The van der Waals surface area contributed by atoms with Gasteiger partial charge in [0.05, 0.1) is 19.2 Å². The van der Waals surface area contributed by atoms with Crippen molar-refractivity contribution in [3.05, 3.63) is 11.8 Å². The zero-order valence-corrected chi connectivity index (χ0v) is 33.1. The molecule has 0 aliphatic carbocycles. The lowest BCUT2D eigenvalue weighted by molar-refractivity contribution is -0.147. The lowest BCUT2D eigenvalue weighted by atomic mass is 9.91. The average molecular weight is 787 g/mol. The van der Waals surface area contributed by atoms with Gasteiger partial charge >= 0.3 is 36.5 Å². The molecule has 55 heavy (non-hydrogen) atoms. The maximum atomic E-state index is 13.2. The van der Waals surface area contributed by atoms with Crippen LogP contribution in [0, 0.1) is 0 Å². The first-order chi connectivity index (χ1) is 25.4. The molecule has 2 aliphatic heterocycles. The van der Waals surface area contributed by atoms with Crippen molar-refractivity contribution in [2.45, 2.75) is 129 Å². The lowest BCUT2D eigenvalue weighted by Crippen LogP contribution is -2.65. The zero-order valence-electron chi connectivity index (χ0n) is 33.1. The monoisotopic (exact) mass is 786 g/mol. The number of carbonyl (C=O) groups is 7. The number of amides is 5. The van der Waals surface area contributed by atoms with Crippen molar-refractivity contribution in [2.75, 3.05) is 26.8 Å². The fourth-order valence-electron chi connectivity index (χ4n) is 4.76. The number of methoxy groups -OCH3 is 1. The fraction of sp³-hybridized carbons (Fsp3) is 0.706. The molecule has 21 heteroatoms. The number of esters is 1. The highest BCUT2D eigenvalue weighted by atomic mass is 16.8. The second kappa shape index (κ2) is 19.7. The van der Waals surface area contributed by atoms with Crippen molar-refractivity contribution in [3.8, 4) is 0 Å². The number of unbranched alkanes of at least 4 members (excludes halogenated alkanes) is 1. The molecule has 0 bridgehead atoms. The molecule has 5 atom stereocenters. The number of cyclic esters (lactones) is 2. The third kappa shape index (κ3) is 17.5. The number of ether oxygens (including phenoxy) is 8. The van der Waals surface area contributed by atoms with Gasteiger partial charge < -0.3 is 59.2 Å². The van der Waals surface area contributed by atoms with E-state index >= 15 is 0 Å². The summed E-state index contributed by atoms with van der Waals surface area (Å²) in [5, 5.41) is 12.9. The van der Waals surface area contributed by atoms with Gasteiger partial charge in [0.15, 0.2) is 18.3 Å². The van der Waals surface area contributed by atoms with Crippen molar-refractivity contribution < 1.29 is 71.5 Å². The number of guanidine groups is 1. The van der Waals surface area contributed by atoms with E-state index in [1.807, 2.05) is 0 Å². The van der Waals surface area contributed by atoms with Crippen LogP contribution in [0.4, 0.5) is 24.0 Å². The molecule has 2 heterocycles. The largest absolute Gasteiger partial charge is 0.508 e. The fourth-order valence-corrected chi connectivity index (χ4v) is 4.76. The molecule has 21 nitrogen and oxygen atoms in total. The minimum Gasteiger partial charge on any atom is -0.477 e. The van der Waals surface area contributed by atoms with Crippen LogP contribution in [0.5, 0.6) is 0 Å². The van der Waals surface area contributed by atoms with Crippen LogP contribution in [-0.2, 0) is 47.5 Å². The summed E-state index contributed by atoms with van der Waals surface area (Å²) in [5.74, 6) is -2.63. The van der Waals surface area contributed by atoms with Gasteiger partial charge in [-0.3, -0.25) is 10.1 Å². The van der Waals surface area contributed by atoms with Crippen LogP contribution in [0.3, 0.4) is 0 Å². The number of hydrogen-bond acceptors (Lipinski definition) is 15. The number of alkyl carbamates (subject to hydrolysis) is 3. The van der Waals surface area contributed by atoms with E-state index in [4.69, 9.17) is 37.9 Å². The molecule has 5 N–H and O–H groups in total. The van der Waals surface area contributed by atoms with Gasteiger partial charge in [0, 0.05) is 20.0 Å². The number of nitrogens with zero attached hydrogens (tertiary/aromatic N) is 1. The first-order valence-corrected chi connectivity index (χ1v) is 17.4. The Morgan fingerprint density at radius 2 is 1.38 bits per heavy atom. The summed E-state index contributed by atoms with van der Waals surface area (Å²) < 4.78 is 42.5. The number of nitrogens with one attached hydrogen (secondary N) is 5. The van der Waals surface area contributed by atoms with E-state index in [0.29, 0.717) is 12.8 Å². The van der Waals surface area contributed by atoms with Crippen LogP contribution in [0.2, 0.25) is 0 Å².